The molecule has 1 aliphatic heterocycles. The van der Waals surface area contributed by atoms with Crippen LogP contribution >= 0.6 is 0 Å². The maximum absolute atomic E-state index is 13.3. The monoisotopic (exact) mass is 629 g/mol. The quantitative estimate of drug-likeness (QED) is 0.100. The lowest BCUT2D eigenvalue weighted by Crippen LogP contribution is -2.41. The van der Waals surface area contributed by atoms with Gasteiger partial charge in [-0.15, -0.1) is 0 Å². The van der Waals surface area contributed by atoms with Crippen LogP contribution in [0, 0.1) is 10.1 Å². The highest BCUT2D eigenvalue weighted by Crippen LogP contribution is 2.36. The number of nitrogens with zero attached hydrogens (tertiary/aromatic N) is 3. The van der Waals surface area contributed by atoms with Crippen molar-refractivity contribution in [1.82, 2.24) is 9.78 Å². The molecule has 46 heavy (non-hydrogen) atoms. The second kappa shape index (κ2) is 14.3. The molecule has 4 aromatic rings. The van der Waals surface area contributed by atoms with Crippen LogP contribution < -0.4 is 0 Å². The number of carbonyl (C=O) groups excluding carboxylic acids is 4. The zero-order valence-corrected chi connectivity index (χ0v) is 24.3. The number of hydrogen-bond acceptors (Lipinski definition) is 12. The summed E-state index contributed by atoms with van der Waals surface area (Å²) >= 11 is 0. The van der Waals surface area contributed by atoms with Gasteiger partial charge in [0.05, 0.1) is 28.2 Å². The van der Waals surface area contributed by atoms with Crippen molar-refractivity contribution in [3.05, 3.63) is 130 Å². The van der Waals surface area contributed by atoms with Crippen molar-refractivity contribution < 1.29 is 47.8 Å². The van der Waals surface area contributed by atoms with Gasteiger partial charge in [-0.3, -0.25) is 10.1 Å². The Balaban J connectivity index is 1.53. The maximum Gasteiger partial charge on any atom is 0.366 e. The van der Waals surface area contributed by atoms with Gasteiger partial charge in [0.1, 0.15) is 18.9 Å². The Morgan fingerprint density at radius 2 is 1.26 bits per heavy atom. The van der Waals surface area contributed by atoms with Gasteiger partial charge >= 0.3 is 29.6 Å². The van der Waals surface area contributed by atoms with Gasteiger partial charge in [-0.2, -0.15) is 5.10 Å². The van der Waals surface area contributed by atoms with Crippen molar-refractivity contribution in [2.24, 2.45) is 0 Å². The van der Waals surface area contributed by atoms with Gasteiger partial charge in [0.2, 0.25) is 5.69 Å². The molecule has 1 aliphatic rings. The van der Waals surface area contributed by atoms with Crippen LogP contribution in [0.15, 0.2) is 97.2 Å². The summed E-state index contributed by atoms with van der Waals surface area (Å²) in [4.78, 5) is 62.9. The van der Waals surface area contributed by atoms with E-state index in [1.165, 1.54) is 43.3 Å². The largest absolute Gasteiger partial charge is 0.461 e. The number of benzene rings is 3. The molecule has 0 saturated carbocycles. The maximum atomic E-state index is 13.3. The Kier molecular flexibility index (Phi) is 9.78. The number of esters is 4. The molecule has 0 unspecified atom stereocenters. The first kappa shape index (κ1) is 31.5. The molecular weight excluding hydrogens is 602 g/mol. The lowest BCUT2D eigenvalue weighted by atomic mass is 10.1. The van der Waals surface area contributed by atoms with Gasteiger partial charge < -0.3 is 23.7 Å². The molecule has 5 rings (SSSR count). The molecule has 0 radical (unpaired) electrons. The van der Waals surface area contributed by atoms with Gasteiger partial charge in [-0.05, 0) is 43.3 Å². The van der Waals surface area contributed by atoms with E-state index in [1.54, 1.807) is 54.6 Å². The van der Waals surface area contributed by atoms with E-state index in [0.717, 1.165) is 10.9 Å². The van der Waals surface area contributed by atoms with Crippen LogP contribution in [0.1, 0.15) is 54.7 Å². The van der Waals surface area contributed by atoms with Crippen LogP contribution in [0.25, 0.3) is 0 Å². The molecule has 4 atom stereocenters. The summed E-state index contributed by atoms with van der Waals surface area (Å²) in [7, 11) is 0. The van der Waals surface area contributed by atoms with Crippen molar-refractivity contribution in [3.63, 3.8) is 0 Å². The second-order valence-electron chi connectivity index (χ2n) is 9.82. The molecule has 1 saturated heterocycles. The zero-order valence-electron chi connectivity index (χ0n) is 24.3. The Morgan fingerprint density at radius 3 is 1.76 bits per heavy atom. The minimum atomic E-state index is -1.49. The first-order valence-electron chi connectivity index (χ1n) is 14.1. The molecule has 0 N–H and O–H groups in total. The average molecular weight is 630 g/mol. The average Bonchev–Trinajstić information content (AvgIpc) is 3.67. The van der Waals surface area contributed by atoms with Crippen molar-refractivity contribution in [1.29, 1.82) is 0 Å². The number of ether oxygens (including phenoxy) is 5. The zero-order chi connectivity index (χ0) is 32.6. The molecule has 14 nitrogen and oxygen atoms in total. The second-order valence-corrected chi connectivity index (χ2v) is 9.82. The summed E-state index contributed by atoms with van der Waals surface area (Å²) in [6, 6.07) is 24.0. The highest BCUT2D eigenvalue weighted by atomic mass is 16.7. The third-order valence-electron chi connectivity index (χ3n) is 6.82. The van der Waals surface area contributed by atoms with Gasteiger partial charge in [0.15, 0.2) is 18.4 Å². The lowest BCUT2D eigenvalue weighted by Gasteiger charge is -2.24. The Labute approximate surface area is 261 Å². The van der Waals surface area contributed by atoms with Crippen molar-refractivity contribution in [3.8, 4) is 0 Å². The SMILES string of the molecule is CCOC(=O)c1nn([C@@H]2O[C@H](COC(=O)c3ccccc3)[C@@H](OC(=O)c3ccccc3)[C@@H]2OC(=O)c2ccccc2)cc1[N+](=O)[O-]. The van der Waals surface area contributed by atoms with E-state index in [2.05, 4.69) is 5.10 Å². The summed E-state index contributed by atoms with van der Waals surface area (Å²) in [6.07, 6.45) is -4.73. The third kappa shape index (κ3) is 7.08. The summed E-state index contributed by atoms with van der Waals surface area (Å²) in [5.74, 6) is -3.43. The predicted octanol–water partition coefficient (Wildman–Crippen LogP) is 4.17. The molecule has 0 bridgehead atoms. The van der Waals surface area contributed by atoms with Gasteiger partial charge in [-0.1, -0.05) is 54.6 Å². The van der Waals surface area contributed by atoms with Crippen molar-refractivity contribution in [2.45, 2.75) is 31.5 Å². The van der Waals surface area contributed by atoms with Crippen molar-refractivity contribution in [2.75, 3.05) is 13.2 Å². The summed E-state index contributed by atoms with van der Waals surface area (Å²) in [5.41, 5.74) is -0.776. The van der Waals surface area contributed by atoms with E-state index < -0.39 is 71.3 Å². The molecule has 2 heterocycles. The lowest BCUT2D eigenvalue weighted by molar-refractivity contribution is -0.385. The Bertz CT molecular complexity index is 1710. The molecule has 3 aromatic carbocycles. The molecule has 0 amide bonds. The molecule has 1 fully saturated rings. The first-order valence-corrected chi connectivity index (χ1v) is 14.1. The molecule has 1 aromatic heterocycles. The third-order valence-corrected chi connectivity index (χ3v) is 6.82. The molecule has 0 spiro atoms. The number of nitro groups is 1. The van der Waals surface area contributed by atoms with E-state index in [4.69, 9.17) is 23.7 Å². The highest BCUT2D eigenvalue weighted by Gasteiger charge is 2.52. The normalized spacial score (nSPS) is 18.7. The summed E-state index contributed by atoms with van der Waals surface area (Å²) in [5, 5.41) is 15.9. The topological polar surface area (TPSA) is 175 Å². The van der Waals surface area contributed by atoms with Crippen LogP contribution in [-0.2, 0) is 23.7 Å². The van der Waals surface area contributed by atoms with Crippen LogP contribution in [0.2, 0.25) is 0 Å². The van der Waals surface area contributed by atoms with E-state index in [1.807, 2.05) is 0 Å². The van der Waals surface area contributed by atoms with Crippen LogP contribution in [0.3, 0.4) is 0 Å². The van der Waals surface area contributed by atoms with Crippen molar-refractivity contribution >= 4 is 29.6 Å². The molecule has 236 valence electrons. The smallest absolute Gasteiger partial charge is 0.366 e. The fourth-order valence-corrected chi connectivity index (χ4v) is 4.66. The van der Waals surface area contributed by atoms with Gasteiger partial charge in [-0.25, -0.2) is 23.9 Å². The molecular formula is C32H27N3O11. The van der Waals surface area contributed by atoms with Crippen LogP contribution in [0.5, 0.6) is 0 Å². The summed E-state index contributed by atoms with van der Waals surface area (Å²) in [6.45, 7) is 0.962. The number of hydrogen-bond donors (Lipinski definition) is 0. The Morgan fingerprint density at radius 1 is 0.761 bits per heavy atom. The number of carbonyl (C=O) groups is 4. The highest BCUT2D eigenvalue weighted by molar-refractivity contribution is 5.92. The summed E-state index contributed by atoms with van der Waals surface area (Å²) < 4.78 is 29.1. The standard InChI is InChI=1S/C32H27N3O11/c1-2-42-32(39)25-23(35(40)41)18-34(33-25)28-27(46-31(38)22-16-10-5-11-17-22)26(45-30(37)21-14-8-4-9-15-21)24(44-28)19-43-29(36)20-12-6-3-7-13-20/h3-18,24,26-28H,2,19H2,1H3/t24-,26-,27+,28-/m1/s1. The van der Waals surface area contributed by atoms with E-state index in [0.29, 0.717) is 0 Å². The number of rotatable bonds is 11. The predicted molar refractivity (Wildman–Crippen MR) is 157 cm³/mol. The van der Waals surface area contributed by atoms with Gasteiger partial charge in [0.25, 0.3) is 0 Å². The van der Waals surface area contributed by atoms with Gasteiger partial charge in [0, 0.05) is 0 Å². The fourth-order valence-electron chi connectivity index (χ4n) is 4.66. The minimum absolute atomic E-state index is 0.0769. The van der Waals surface area contributed by atoms with Crippen LogP contribution in [0.4, 0.5) is 5.69 Å². The van der Waals surface area contributed by atoms with E-state index >= 15 is 0 Å². The first-order chi connectivity index (χ1) is 22.3. The fraction of sp³-hybridized carbons (Fsp3) is 0.219. The van der Waals surface area contributed by atoms with E-state index in [-0.39, 0.29) is 23.3 Å². The minimum Gasteiger partial charge on any atom is -0.461 e. The molecule has 14 heteroatoms. The Hall–Kier alpha value is -5.89. The number of aromatic nitrogens is 2. The van der Waals surface area contributed by atoms with Crippen LogP contribution in [-0.4, -0.2) is 70.1 Å². The van der Waals surface area contributed by atoms with E-state index in [9.17, 15) is 29.3 Å². The molecule has 0 aliphatic carbocycles.